The van der Waals surface area contributed by atoms with Crippen LogP contribution in [0.5, 0.6) is 0 Å². The molecule has 9 nitrogen and oxygen atoms in total. The Balaban J connectivity index is -0.000000160. The highest BCUT2D eigenvalue weighted by molar-refractivity contribution is 5.72. The van der Waals surface area contributed by atoms with Crippen LogP contribution in [0.15, 0.2) is 0 Å². The van der Waals surface area contributed by atoms with E-state index in [-0.39, 0.29) is 13.1 Å². The summed E-state index contributed by atoms with van der Waals surface area (Å²) in [6, 6.07) is -0.731. The normalized spacial score (nSPS) is 9.75. The fourth-order valence-electron chi connectivity index (χ4n) is 0. The topological polar surface area (TPSA) is 190 Å². The van der Waals surface area contributed by atoms with Gasteiger partial charge < -0.3 is 32.5 Å². The molecule has 0 rings (SSSR count). The van der Waals surface area contributed by atoms with Crippen LogP contribution in [0.3, 0.4) is 0 Å². The molecule has 0 aromatic rings. The van der Waals surface area contributed by atoms with Crippen LogP contribution in [0.2, 0.25) is 0 Å². The molecule has 0 radical (unpaired) electrons. The molecule has 1 unspecified atom stereocenters. The van der Waals surface area contributed by atoms with E-state index in [1.54, 1.807) is 0 Å². The summed E-state index contributed by atoms with van der Waals surface area (Å²) in [6.07, 6.45) is 0. The summed E-state index contributed by atoms with van der Waals surface area (Å²) in [5.41, 5.74) is 14.0. The van der Waals surface area contributed by atoms with Crippen LogP contribution < -0.4 is 17.2 Å². The highest BCUT2D eigenvalue weighted by atomic mass is 16.4. The number of aliphatic carboxylic acids is 3. The fourth-order valence-corrected chi connectivity index (χ4v) is 0. The zero-order chi connectivity index (χ0) is 13.7. The maximum absolute atomic E-state index is 9.57. The van der Waals surface area contributed by atoms with E-state index < -0.39 is 23.9 Å². The summed E-state index contributed by atoms with van der Waals surface area (Å²) in [4.78, 5) is 28.1. The third-order valence-electron chi connectivity index (χ3n) is 0.739. The minimum Gasteiger partial charge on any atom is -0.480 e. The first-order chi connectivity index (χ1) is 7.18. The van der Waals surface area contributed by atoms with E-state index in [0.29, 0.717) is 0 Å². The van der Waals surface area contributed by atoms with Crippen molar-refractivity contribution in [1.82, 2.24) is 0 Å². The number of nitrogens with two attached hydrogens (primary N) is 3. The van der Waals surface area contributed by atoms with Crippen molar-refractivity contribution in [2.75, 3.05) is 13.1 Å². The first-order valence-electron chi connectivity index (χ1n) is 4.01. The molecule has 0 aliphatic heterocycles. The Hall–Kier alpha value is -1.71. The van der Waals surface area contributed by atoms with Crippen molar-refractivity contribution in [2.45, 2.75) is 13.0 Å². The predicted octanol–water partition coefficient (Wildman–Crippen LogP) is -2.52. The molecule has 0 heterocycles. The molecule has 0 spiro atoms. The van der Waals surface area contributed by atoms with Crippen LogP contribution in [-0.2, 0) is 14.4 Å². The molecule has 0 bridgehead atoms. The average molecular weight is 239 g/mol. The molecule has 0 aromatic heterocycles. The lowest BCUT2D eigenvalue weighted by molar-refractivity contribution is -0.138. The molecule has 9 N–H and O–H groups in total. The second-order valence-electron chi connectivity index (χ2n) is 2.32. The van der Waals surface area contributed by atoms with Gasteiger partial charge in [0.15, 0.2) is 0 Å². The maximum atomic E-state index is 9.57. The van der Waals surface area contributed by atoms with Gasteiger partial charge >= 0.3 is 17.9 Å². The Labute approximate surface area is 91.8 Å². The SMILES string of the molecule is CC(N)C(=O)O.NCC(=O)O.NCC(=O)O. The molecule has 1 atom stereocenters. The second-order valence-corrected chi connectivity index (χ2v) is 2.32. The molecule has 0 aromatic carbocycles. The van der Waals surface area contributed by atoms with Crippen LogP contribution in [0.4, 0.5) is 0 Å². The van der Waals surface area contributed by atoms with Crippen LogP contribution in [0.1, 0.15) is 6.92 Å². The minimum absolute atomic E-state index is 0.278. The molecular weight excluding hydrogens is 222 g/mol. The van der Waals surface area contributed by atoms with E-state index in [9.17, 15) is 14.4 Å². The van der Waals surface area contributed by atoms with Gasteiger partial charge in [0.2, 0.25) is 0 Å². The van der Waals surface area contributed by atoms with E-state index in [1.807, 2.05) is 0 Å². The van der Waals surface area contributed by atoms with E-state index in [4.69, 9.17) is 21.1 Å². The molecule has 0 fully saturated rings. The zero-order valence-corrected chi connectivity index (χ0v) is 8.79. The monoisotopic (exact) mass is 239 g/mol. The van der Waals surface area contributed by atoms with Gasteiger partial charge in [0.1, 0.15) is 6.04 Å². The summed E-state index contributed by atoms with van der Waals surface area (Å²) < 4.78 is 0. The van der Waals surface area contributed by atoms with Crippen LogP contribution in [0.25, 0.3) is 0 Å². The van der Waals surface area contributed by atoms with Gasteiger partial charge in [-0.05, 0) is 6.92 Å². The summed E-state index contributed by atoms with van der Waals surface area (Å²) in [7, 11) is 0. The number of hydrogen-bond acceptors (Lipinski definition) is 6. The largest absolute Gasteiger partial charge is 0.480 e. The van der Waals surface area contributed by atoms with Crippen LogP contribution >= 0.6 is 0 Å². The van der Waals surface area contributed by atoms with Crippen molar-refractivity contribution in [1.29, 1.82) is 0 Å². The molecule has 96 valence electrons. The number of carbonyl (C=O) groups is 3. The van der Waals surface area contributed by atoms with Crippen molar-refractivity contribution >= 4 is 17.9 Å². The lowest BCUT2D eigenvalue weighted by Crippen LogP contribution is -2.25. The average Bonchev–Trinajstić information content (AvgIpc) is 2.19. The van der Waals surface area contributed by atoms with Gasteiger partial charge in [0.25, 0.3) is 0 Å². The quantitative estimate of drug-likeness (QED) is 0.308. The summed E-state index contributed by atoms with van der Waals surface area (Å²) in [6.45, 7) is 0.863. The Kier molecular flexibility index (Phi) is 16.4. The Morgan fingerprint density at radius 1 is 1.00 bits per heavy atom. The first-order valence-corrected chi connectivity index (χ1v) is 4.01. The molecule has 0 saturated carbocycles. The summed E-state index contributed by atoms with van der Waals surface area (Å²) >= 11 is 0. The molecule has 0 aliphatic rings. The summed E-state index contributed by atoms with van der Waals surface area (Å²) in [5.74, 6) is -2.90. The number of hydrogen-bond donors (Lipinski definition) is 6. The van der Waals surface area contributed by atoms with Gasteiger partial charge in [0, 0.05) is 0 Å². The number of carboxylic acid groups (broad SMARTS) is 3. The van der Waals surface area contributed by atoms with Crippen LogP contribution in [0, 0.1) is 0 Å². The fraction of sp³-hybridized carbons (Fsp3) is 0.571. The standard InChI is InChI=1S/C3H7NO2.2C2H5NO2/c1-2(4)3(5)6;2*3-1-2(4)5/h2H,4H2,1H3,(H,5,6);2*1,3H2,(H,4,5). The second kappa shape index (κ2) is 13.3. The summed E-state index contributed by atoms with van der Waals surface area (Å²) in [5, 5.41) is 23.1. The van der Waals surface area contributed by atoms with Gasteiger partial charge in [-0.1, -0.05) is 0 Å². The number of rotatable bonds is 3. The number of carboxylic acids is 3. The van der Waals surface area contributed by atoms with Crippen molar-refractivity contribution in [2.24, 2.45) is 17.2 Å². The minimum atomic E-state index is -0.968. The smallest absolute Gasteiger partial charge is 0.320 e. The third kappa shape index (κ3) is 39.6. The van der Waals surface area contributed by atoms with Crippen molar-refractivity contribution in [3.63, 3.8) is 0 Å². The predicted molar refractivity (Wildman–Crippen MR) is 54.7 cm³/mol. The van der Waals surface area contributed by atoms with Gasteiger partial charge in [-0.3, -0.25) is 14.4 Å². The van der Waals surface area contributed by atoms with Gasteiger partial charge in [0.05, 0.1) is 13.1 Å². The van der Waals surface area contributed by atoms with Crippen molar-refractivity contribution in [3.8, 4) is 0 Å². The Morgan fingerprint density at radius 3 is 1.12 bits per heavy atom. The molecule has 16 heavy (non-hydrogen) atoms. The van der Waals surface area contributed by atoms with E-state index in [0.717, 1.165) is 0 Å². The van der Waals surface area contributed by atoms with E-state index >= 15 is 0 Å². The lowest BCUT2D eigenvalue weighted by Gasteiger charge is -1.90. The van der Waals surface area contributed by atoms with Gasteiger partial charge in [-0.2, -0.15) is 0 Å². The van der Waals surface area contributed by atoms with Gasteiger partial charge in [-0.25, -0.2) is 0 Å². The van der Waals surface area contributed by atoms with Gasteiger partial charge in [-0.15, -0.1) is 0 Å². The van der Waals surface area contributed by atoms with E-state index in [2.05, 4.69) is 11.5 Å². The highest BCUT2D eigenvalue weighted by Crippen LogP contribution is 1.68. The highest BCUT2D eigenvalue weighted by Gasteiger charge is 1.99. The molecule has 9 heteroatoms. The van der Waals surface area contributed by atoms with Crippen molar-refractivity contribution in [3.05, 3.63) is 0 Å². The molecule has 0 saturated heterocycles. The Bertz CT molecular complexity index is 204. The molecule has 0 aliphatic carbocycles. The zero-order valence-electron chi connectivity index (χ0n) is 8.79. The van der Waals surface area contributed by atoms with Crippen molar-refractivity contribution < 1.29 is 29.7 Å². The Morgan fingerprint density at radius 2 is 1.12 bits per heavy atom. The molecular formula is C7H17N3O6. The molecule has 0 amide bonds. The van der Waals surface area contributed by atoms with Crippen LogP contribution in [-0.4, -0.2) is 52.4 Å². The van der Waals surface area contributed by atoms with E-state index in [1.165, 1.54) is 6.92 Å². The lowest BCUT2D eigenvalue weighted by atomic mass is 10.4. The first kappa shape index (κ1) is 19.8. The maximum Gasteiger partial charge on any atom is 0.320 e. The third-order valence-corrected chi connectivity index (χ3v) is 0.739.